The van der Waals surface area contributed by atoms with Crippen molar-refractivity contribution in [1.29, 1.82) is 0 Å². The van der Waals surface area contributed by atoms with Gasteiger partial charge in [0.05, 0.1) is 12.1 Å². The molecular weight excluding hydrogens is 396 g/mol. The van der Waals surface area contributed by atoms with E-state index in [-0.39, 0.29) is 35.3 Å². The van der Waals surface area contributed by atoms with Gasteiger partial charge in [-0.05, 0) is 29.8 Å². The van der Waals surface area contributed by atoms with E-state index in [1.807, 2.05) is 12.1 Å². The van der Waals surface area contributed by atoms with E-state index >= 15 is 0 Å². The second-order valence-corrected chi connectivity index (χ2v) is 7.60. The van der Waals surface area contributed by atoms with Crippen LogP contribution in [0.25, 0.3) is 0 Å². The third-order valence-corrected chi connectivity index (χ3v) is 5.41. The summed E-state index contributed by atoms with van der Waals surface area (Å²) < 4.78 is 11.2. The lowest BCUT2D eigenvalue weighted by Crippen LogP contribution is -2.40. The molecule has 2 heterocycles. The highest BCUT2D eigenvalue weighted by molar-refractivity contribution is 8.26. The number of carbonyl (C=O) groups excluding carboxylic acids is 3. The number of thioether (sulfide) groups is 1. The minimum atomic E-state index is -0.492. The molecule has 29 heavy (non-hydrogen) atoms. The van der Waals surface area contributed by atoms with E-state index in [1.54, 1.807) is 12.1 Å². The molecule has 0 radical (unpaired) electrons. The Balaban J connectivity index is 1.28. The number of carbonyl (C=O) groups is 3. The molecule has 2 aromatic rings. The molecule has 1 atom stereocenters. The van der Waals surface area contributed by atoms with E-state index in [0.717, 1.165) is 5.56 Å². The van der Waals surface area contributed by atoms with E-state index in [9.17, 15) is 19.5 Å². The predicted molar refractivity (Wildman–Crippen MR) is 105 cm³/mol. The minimum absolute atomic E-state index is 0.0511. The molecule has 0 saturated carbocycles. The molecule has 1 unspecified atom stereocenters. The Bertz CT molecular complexity index is 962. The number of rotatable bonds is 6. The van der Waals surface area contributed by atoms with E-state index < -0.39 is 6.04 Å². The van der Waals surface area contributed by atoms with Crippen LogP contribution in [0, 0.1) is 0 Å². The van der Waals surface area contributed by atoms with Gasteiger partial charge in [-0.15, -0.1) is 0 Å². The smallest absolute Gasteiger partial charge is 0.287 e. The first-order valence-electron chi connectivity index (χ1n) is 8.98. The molecule has 8 nitrogen and oxygen atoms in total. The van der Waals surface area contributed by atoms with Gasteiger partial charge in [0.25, 0.3) is 11.1 Å². The number of hydrogen-bond acceptors (Lipinski definition) is 7. The first-order chi connectivity index (χ1) is 14.0. The van der Waals surface area contributed by atoms with E-state index in [0.29, 0.717) is 41.8 Å². The molecule has 0 aromatic heterocycles. The summed E-state index contributed by atoms with van der Waals surface area (Å²) in [5.41, 5.74) is 1.32. The SMILES string of the molecule is O=C1NC(Cc2ccc(OCCN3COc4cc(O)ccc4C3=O)cc2)C(=O)S1. The van der Waals surface area contributed by atoms with Crippen molar-refractivity contribution in [2.75, 3.05) is 19.9 Å². The van der Waals surface area contributed by atoms with Crippen molar-refractivity contribution in [2.24, 2.45) is 0 Å². The standard InChI is InChI=1S/C20H18N2O6S/c23-13-3-6-15-17(10-13)28-11-22(18(15)24)7-8-27-14-4-1-12(2-5-14)9-16-19(25)29-20(26)21-16/h1-6,10,16,23H,7-9,11H2,(H,21,26). The lowest BCUT2D eigenvalue weighted by Gasteiger charge is -2.28. The average Bonchev–Trinajstić information content (AvgIpc) is 3.01. The average molecular weight is 414 g/mol. The summed E-state index contributed by atoms with van der Waals surface area (Å²) in [5.74, 6) is 0.889. The Morgan fingerprint density at radius 1 is 1.17 bits per heavy atom. The lowest BCUT2D eigenvalue weighted by atomic mass is 10.1. The molecule has 2 N–H and O–H groups in total. The van der Waals surface area contributed by atoms with Gasteiger partial charge in [-0.2, -0.15) is 0 Å². The summed E-state index contributed by atoms with van der Waals surface area (Å²) in [6.45, 7) is 0.729. The molecule has 0 bridgehead atoms. The Labute approximate surface area is 170 Å². The van der Waals surface area contributed by atoms with Crippen molar-refractivity contribution in [2.45, 2.75) is 12.5 Å². The van der Waals surface area contributed by atoms with Crippen LogP contribution in [0.3, 0.4) is 0 Å². The van der Waals surface area contributed by atoms with Gasteiger partial charge in [0.1, 0.15) is 29.9 Å². The molecule has 2 aliphatic heterocycles. The third kappa shape index (κ3) is 4.29. The van der Waals surface area contributed by atoms with Crippen LogP contribution in [0.4, 0.5) is 4.79 Å². The Morgan fingerprint density at radius 3 is 2.69 bits per heavy atom. The normalized spacial score (nSPS) is 18.3. The number of phenolic OH excluding ortho intramolecular Hbond substituents is 1. The van der Waals surface area contributed by atoms with Crippen molar-refractivity contribution in [1.82, 2.24) is 10.2 Å². The minimum Gasteiger partial charge on any atom is -0.508 e. The Hall–Kier alpha value is -3.20. The van der Waals surface area contributed by atoms with Crippen molar-refractivity contribution >= 4 is 28.0 Å². The fraction of sp³-hybridized carbons (Fsp3) is 0.250. The maximum Gasteiger partial charge on any atom is 0.287 e. The number of fused-ring (bicyclic) bond motifs is 1. The zero-order valence-electron chi connectivity index (χ0n) is 15.3. The van der Waals surface area contributed by atoms with Crippen LogP contribution in [0.2, 0.25) is 0 Å². The second kappa shape index (κ2) is 8.04. The second-order valence-electron chi connectivity index (χ2n) is 6.62. The van der Waals surface area contributed by atoms with Gasteiger partial charge in [0.15, 0.2) is 6.73 Å². The van der Waals surface area contributed by atoms with Crippen LogP contribution in [0.5, 0.6) is 17.2 Å². The number of phenols is 1. The quantitative estimate of drug-likeness (QED) is 0.746. The zero-order chi connectivity index (χ0) is 20.4. The first kappa shape index (κ1) is 19.1. The van der Waals surface area contributed by atoms with Crippen molar-refractivity contribution < 1.29 is 29.0 Å². The number of ether oxygens (including phenoxy) is 2. The van der Waals surface area contributed by atoms with Crippen LogP contribution in [-0.4, -0.2) is 52.2 Å². The van der Waals surface area contributed by atoms with Crippen molar-refractivity contribution in [3.63, 3.8) is 0 Å². The molecule has 0 aliphatic carbocycles. The molecule has 1 saturated heterocycles. The number of aromatic hydroxyl groups is 1. The molecule has 0 spiro atoms. The van der Waals surface area contributed by atoms with E-state index in [2.05, 4.69) is 5.32 Å². The summed E-state index contributed by atoms with van der Waals surface area (Å²) in [6.07, 6.45) is 0.437. The Morgan fingerprint density at radius 2 is 1.97 bits per heavy atom. The molecule has 4 rings (SSSR count). The fourth-order valence-electron chi connectivity index (χ4n) is 3.11. The summed E-state index contributed by atoms with van der Waals surface area (Å²) >= 11 is 0.704. The number of amides is 2. The maximum atomic E-state index is 12.5. The van der Waals surface area contributed by atoms with Crippen LogP contribution in [0.1, 0.15) is 15.9 Å². The zero-order valence-corrected chi connectivity index (χ0v) is 16.1. The largest absolute Gasteiger partial charge is 0.508 e. The highest BCUT2D eigenvalue weighted by Gasteiger charge is 2.31. The highest BCUT2D eigenvalue weighted by atomic mass is 32.2. The van der Waals surface area contributed by atoms with E-state index in [1.165, 1.54) is 23.1 Å². The Kier molecular flexibility index (Phi) is 5.30. The third-order valence-electron chi connectivity index (χ3n) is 4.62. The van der Waals surface area contributed by atoms with Gasteiger partial charge in [-0.25, -0.2) is 0 Å². The molecule has 2 aliphatic rings. The molecule has 2 aromatic carbocycles. The maximum absolute atomic E-state index is 12.5. The van der Waals surface area contributed by atoms with E-state index in [4.69, 9.17) is 9.47 Å². The molecule has 9 heteroatoms. The fourth-order valence-corrected chi connectivity index (χ4v) is 3.78. The highest BCUT2D eigenvalue weighted by Crippen LogP contribution is 2.28. The molecule has 1 fully saturated rings. The summed E-state index contributed by atoms with van der Waals surface area (Å²) in [4.78, 5) is 36.9. The van der Waals surface area contributed by atoms with Gasteiger partial charge in [0, 0.05) is 24.2 Å². The number of nitrogens with one attached hydrogen (secondary N) is 1. The lowest BCUT2D eigenvalue weighted by molar-refractivity contribution is -0.112. The van der Waals surface area contributed by atoms with Gasteiger partial charge >= 0.3 is 0 Å². The number of hydrogen-bond donors (Lipinski definition) is 2. The molecule has 2 amide bonds. The van der Waals surface area contributed by atoms with Crippen molar-refractivity contribution in [3.05, 3.63) is 53.6 Å². The van der Waals surface area contributed by atoms with Crippen LogP contribution < -0.4 is 14.8 Å². The van der Waals surface area contributed by atoms with Crippen LogP contribution in [0.15, 0.2) is 42.5 Å². The van der Waals surface area contributed by atoms with Crippen molar-refractivity contribution in [3.8, 4) is 17.2 Å². The summed E-state index contributed by atoms with van der Waals surface area (Å²) in [5, 5.41) is 11.6. The number of nitrogens with zero attached hydrogens (tertiary/aromatic N) is 1. The summed E-state index contributed by atoms with van der Waals surface area (Å²) in [6, 6.07) is 11.2. The van der Waals surface area contributed by atoms with Gasteiger partial charge < -0.3 is 24.8 Å². The predicted octanol–water partition coefficient (Wildman–Crippen LogP) is 2.16. The van der Waals surface area contributed by atoms with Gasteiger partial charge in [-0.1, -0.05) is 12.1 Å². The van der Waals surface area contributed by atoms with Crippen LogP contribution >= 0.6 is 11.8 Å². The van der Waals surface area contributed by atoms with Gasteiger partial charge in [-0.3, -0.25) is 14.4 Å². The monoisotopic (exact) mass is 414 g/mol. The van der Waals surface area contributed by atoms with Gasteiger partial charge in [0.2, 0.25) is 5.12 Å². The first-order valence-corrected chi connectivity index (χ1v) is 9.80. The summed E-state index contributed by atoms with van der Waals surface area (Å²) in [7, 11) is 0. The number of benzene rings is 2. The topological polar surface area (TPSA) is 105 Å². The molecule has 150 valence electrons. The molecular formula is C20H18N2O6S. The van der Waals surface area contributed by atoms with Crippen LogP contribution in [-0.2, 0) is 11.2 Å².